The maximum atomic E-state index is 11.7. The van der Waals surface area contributed by atoms with Crippen molar-refractivity contribution in [3.05, 3.63) is 67.3 Å². The first-order valence-electron chi connectivity index (χ1n) is 7.99. The molecule has 2 aliphatic rings. The Balaban J connectivity index is 1.43. The van der Waals surface area contributed by atoms with Gasteiger partial charge in [-0.2, -0.15) is 0 Å². The van der Waals surface area contributed by atoms with Crippen LogP contribution >= 0.6 is 31.9 Å². The third-order valence-electron chi connectivity index (χ3n) is 3.72. The number of H-pyrrole nitrogens is 1. The average molecular weight is 466 g/mol. The molecule has 0 bridgehead atoms. The number of halogens is 2. The van der Waals surface area contributed by atoms with Gasteiger partial charge in [-0.25, -0.2) is 4.98 Å². The topological polar surface area (TPSA) is 69.8 Å². The van der Waals surface area contributed by atoms with Crippen LogP contribution in [-0.4, -0.2) is 23.1 Å². The molecule has 0 fully saturated rings. The fourth-order valence-corrected chi connectivity index (χ4v) is 3.92. The summed E-state index contributed by atoms with van der Waals surface area (Å²) in [6, 6.07) is 11.4. The van der Waals surface area contributed by atoms with Gasteiger partial charge in [0, 0.05) is 28.2 Å². The fourth-order valence-electron chi connectivity index (χ4n) is 2.53. The number of anilines is 1. The number of aromatic amines is 1. The molecule has 0 saturated carbocycles. The minimum atomic E-state index is -0.0174. The molecule has 0 aromatic heterocycles. The van der Waals surface area contributed by atoms with Gasteiger partial charge in [0.25, 0.3) is 0 Å². The lowest BCUT2D eigenvalue weighted by atomic mass is 10.1. The van der Waals surface area contributed by atoms with Gasteiger partial charge in [0.05, 0.1) is 11.3 Å². The first-order chi connectivity index (χ1) is 12.1. The molecule has 0 unspecified atom stereocenters. The smallest absolute Gasteiger partial charge is 0.200 e. The Morgan fingerprint density at radius 3 is 2.68 bits per heavy atom. The standard InChI is InChI=1S/C18H18Br2N4O/c19-13-7-12(8-14(20)9-13)10-21-5-2-6-22-18-23-11-15-16(24-18)3-1-4-17(15)25/h1,3-4,7-9,11,21H,2,5-6,10H2,(H2,22,23,24). The van der Waals surface area contributed by atoms with E-state index < -0.39 is 0 Å². The van der Waals surface area contributed by atoms with Crippen LogP contribution in [-0.2, 0) is 6.54 Å². The van der Waals surface area contributed by atoms with Crippen molar-refractivity contribution in [2.45, 2.75) is 13.0 Å². The van der Waals surface area contributed by atoms with Crippen molar-refractivity contribution in [3.63, 3.8) is 0 Å². The van der Waals surface area contributed by atoms with Crippen molar-refractivity contribution in [2.75, 3.05) is 18.4 Å². The summed E-state index contributed by atoms with van der Waals surface area (Å²) in [5.41, 5.74) is 2.61. The van der Waals surface area contributed by atoms with Gasteiger partial charge in [-0.15, -0.1) is 0 Å². The highest BCUT2D eigenvalue weighted by molar-refractivity contribution is 9.11. The van der Waals surface area contributed by atoms with Crippen molar-refractivity contribution in [2.24, 2.45) is 0 Å². The first kappa shape index (κ1) is 18.1. The monoisotopic (exact) mass is 464 g/mol. The van der Waals surface area contributed by atoms with E-state index in [1.165, 1.54) is 5.56 Å². The molecule has 0 spiro atoms. The number of fused-ring (bicyclic) bond motifs is 1. The van der Waals surface area contributed by atoms with Crippen LogP contribution in [0.5, 0.6) is 0 Å². The van der Waals surface area contributed by atoms with Gasteiger partial charge < -0.3 is 15.6 Å². The number of nitrogens with one attached hydrogen (secondary N) is 3. The first-order valence-corrected chi connectivity index (χ1v) is 9.58. The van der Waals surface area contributed by atoms with Crippen LogP contribution in [0.1, 0.15) is 12.0 Å². The van der Waals surface area contributed by atoms with E-state index in [0.29, 0.717) is 11.5 Å². The summed E-state index contributed by atoms with van der Waals surface area (Å²) in [7, 11) is 0. The molecule has 1 aliphatic carbocycles. The highest BCUT2D eigenvalue weighted by Gasteiger charge is 2.06. The number of aromatic nitrogens is 2. The second-order valence-electron chi connectivity index (χ2n) is 5.68. The molecule has 1 aromatic carbocycles. The van der Waals surface area contributed by atoms with E-state index in [2.05, 4.69) is 64.6 Å². The number of rotatable bonds is 7. The van der Waals surface area contributed by atoms with E-state index in [0.717, 1.165) is 40.7 Å². The van der Waals surface area contributed by atoms with Crippen molar-refractivity contribution in [3.8, 4) is 11.3 Å². The highest BCUT2D eigenvalue weighted by atomic mass is 79.9. The van der Waals surface area contributed by atoms with E-state index in [1.54, 1.807) is 18.3 Å². The van der Waals surface area contributed by atoms with Gasteiger partial charge in [0.1, 0.15) is 0 Å². The predicted molar refractivity (Wildman–Crippen MR) is 108 cm³/mol. The van der Waals surface area contributed by atoms with E-state index in [1.807, 2.05) is 12.1 Å². The summed E-state index contributed by atoms with van der Waals surface area (Å²) >= 11 is 6.99. The predicted octanol–water partition coefficient (Wildman–Crippen LogP) is 3.99. The lowest BCUT2D eigenvalue weighted by Crippen LogP contribution is -2.18. The van der Waals surface area contributed by atoms with Crippen LogP contribution in [0.25, 0.3) is 11.3 Å². The molecule has 3 rings (SSSR count). The Morgan fingerprint density at radius 2 is 1.88 bits per heavy atom. The lowest BCUT2D eigenvalue weighted by molar-refractivity contribution is 0.662. The molecule has 0 atom stereocenters. The molecule has 5 nitrogen and oxygen atoms in total. The zero-order valence-electron chi connectivity index (χ0n) is 13.5. The minimum absolute atomic E-state index is 0.0174. The highest BCUT2D eigenvalue weighted by Crippen LogP contribution is 2.20. The van der Waals surface area contributed by atoms with Gasteiger partial charge in [-0.3, -0.25) is 4.79 Å². The quantitative estimate of drug-likeness (QED) is 0.461. The largest absolute Gasteiger partial charge is 0.356 e. The molecule has 7 heteroatoms. The van der Waals surface area contributed by atoms with Crippen LogP contribution in [0.2, 0.25) is 0 Å². The Bertz CT molecular complexity index is 861. The Morgan fingerprint density at radius 1 is 1.08 bits per heavy atom. The molecule has 1 aliphatic heterocycles. The van der Waals surface area contributed by atoms with Crippen molar-refractivity contribution >= 4 is 37.8 Å². The summed E-state index contributed by atoms with van der Waals surface area (Å²) in [5.74, 6) is 0.675. The Labute approximate surface area is 162 Å². The molecule has 0 radical (unpaired) electrons. The van der Waals surface area contributed by atoms with E-state index in [4.69, 9.17) is 0 Å². The third kappa shape index (κ3) is 5.14. The summed E-state index contributed by atoms with van der Waals surface area (Å²) in [5, 5.41) is 6.68. The molecule has 0 saturated heterocycles. The Hall–Kier alpha value is -1.70. The number of hydrogen-bond donors (Lipinski definition) is 3. The molecule has 1 aromatic rings. The Kier molecular flexibility index (Phi) is 6.23. The van der Waals surface area contributed by atoms with Crippen LogP contribution in [0.4, 0.5) is 5.95 Å². The van der Waals surface area contributed by atoms with Crippen LogP contribution in [0, 0.1) is 0 Å². The second-order valence-corrected chi connectivity index (χ2v) is 7.52. The number of nitrogens with zero attached hydrogens (tertiary/aromatic N) is 1. The zero-order chi connectivity index (χ0) is 17.6. The molecule has 25 heavy (non-hydrogen) atoms. The SMILES string of the molecule is O=c1cccc2[nH]c(NCCCNCc3cc(Br)cc(Br)c3)ncc1-2. The zero-order valence-corrected chi connectivity index (χ0v) is 16.7. The van der Waals surface area contributed by atoms with Gasteiger partial charge in [-0.1, -0.05) is 37.9 Å². The lowest BCUT2D eigenvalue weighted by Gasteiger charge is -2.10. The molecule has 3 N–H and O–H groups in total. The molecule has 1 heterocycles. The summed E-state index contributed by atoms with van der Waals surface area (Å²) in [4.78, 5) is 19.1. The third-order valence-corrected chi connectivity index (χ3v) is 4.63. The van der Waals surface area contributed by atoms with Crippen molar-refractivity contribution < 1.29 is 0 Å². The van der Waals surface area contributed by atoms with E-state index in [9.17, 15) is 4.79 Å². The molecular weight excluding hydrogens is 448 g/mol. The van der Waals surface area contributed by atoms with Crippen LogP contribution in [0.3, 0.4) is 0 Å². The summed E-state index contributed by atoms with van der Waals surface area (Å²) in [6.07, 6.45) is 2.57. The minimum Gasteiger partial charge on any atom is -0.356 e. The molecule has 0 amide bonds. The van der Waals surface area contributed by atoms with Crippen molar-refractivity contribution in [1.29, 1.82) is 0 Å². The van der Waals surface area contributed by atoms with Crippen LogP contribution < -0.4 is 16.1 Å². The maximum absolute atomic E-state index is 11.7. The van der Waals surface area contributed by atoms with Gasteiger partial charge in [0.15, 0.2) is 11.4 Å². The van der Waals surface area contributed by atoms with Crippen molar-refractivity contribution in [1.82, 2.24) is 15.3 Å². The van der Waals surface area contributed by atoms with Gasteiger partial charge in [0.2, 0.25) is 0 Å². The normalized spacial score (nSPS) is 11.0. The maximum Gasteiger partial charge on any atom is 0.200 e. The average Bonchev–Trinajstić information content (AvgIpc) is 2.57. The fraction of sp³-hybridized carbons (Fsp3) is 0.222. The number of hydrogen-bond acceptors (Lipinski definition) is 4. The van der Waals surface area contributed by atoms with Gasteiger partial charge >= 0.3 is 0 Å². The number of benzene rings is 2. The second kappa shape index (κ2) is 8.60. The van der Waals surface area contributed by atoms with E-state index >= 15 is 0 Å². The van der Waals surface area contributed by atoms with E-state index in [-0.39, 0.29) is 5.43 Å². The molecule has 130 valence electrons. The van der Waals surface area contributed by atoms with Crippen LogP contribution in [0.15, 0.2) is 56.3 Å². The van der Waals surface area contributed by atoms with Gasteiger partial charge in [-0.05, 0) is 48.9 Å². The summed E-state index contributed by atoms with van der Waals surface area (Å²) in [6.45, 7) is 2.52. The molecular formula is C18H18Br2N4O. The summed E-state index contributed by atoms with van der Waals surface area (Å²) < 4.78 is 2.14.